The van der Waals surface area contributed by atoms with E-state index in [1.54, 1.807) is 0 Å². The monoisotopic (exact) mass is 489 g/mol. The van der Waals surface area contributed by atoms with Gasteiger partial charge in [-0.15, -0.1) is 0 Å². The van der Waals surface area contributed by atoms with Crippen LogP contribution in [0.25, 0.3) is 10.9 Å². The number of aryl methyl sites for hydroxylation is 1. The van der Waals surface area contributed by atoms with E-state index in [1.807, 2.05) is 65.4 Å². The molecule has 1 atom stereocenters. The second-order valence-electron chi connectivity index (χ2n) is 9.74. The number of H-pyrrole nitrogens is 1. The maximum Gasteiger partial charge on any atom is 0.256 e. The average Bonchev–Trinajstić information content (AvgIpc) is 3.31. The maximum absolute atomic E-state index is 13.9. The molecule has 36 heavy (non-hydrogen) atoms. The Bertz CT molecular complexity index is 1220. The average molecular weight is 490 g/mol. The van der Waals surface area contributed by atoms with E-state index in [1.165, 1.54) is 5.56 Å². The summed E-state index contributed by atoms with van der Waals surface area (Å²) in [7, 11) is 0. The summed E-state index contributed by atoms with van der Waals surface area (Å²) in [6.45, 7) is 4.61. The highest BCUT2D eigenvalue weighted by Crippen LogP contribution is 2.30. The van der Waals surface area contributed by atoms with Crippen LogP contribution in [-0.4, -0.2) is 71.6 Å². The third-order valence-electron chi connectivity index (χ3n) is 7.48. The Hall–Kier alpha value is -3.32. The van der Waals surface area contributed by atoms with Crippen molar-refractivity contribution in [2.75, 3.05) is 39.4 Å². The Morgan fingerprint density at radius 1 is 1.06 bits per heavy atom. The fourth-order valence-electron chi connectivity index (χ4n) is 5.47. The smallest absolute Gasteiger partial charge is 0.256 e. The minimum absolute atomic E-state index is 0.0293. The summed E-state index contributed by atoms with van der Waals surface area (Å²) < 4.78 is 12.3. The number of nitrogens with zero attached hydrogens (tertiary/aromatic N) is 2. The second-order valence-corrected chi connectivity index (χ2v) is 9.74. The Labute approximate surface area is 212 Å². The molecule has 1 fully saturated rings. The number of nitrogens with one attached hydrogen (secondary N) is 1. The number of carbonyl (C=O) groups is 2. The van der Waals surface area contributed by atoms with Crippen LogP contribution in [0.4, 0.5) is 0 Å². The van der Waals surface area contributed by atoms with Gasteiger partial charge in [0.25, 0.3) is 5.91 Å². The number of ether oxygens (including phenoxy) is 2. The molecule has 7 heteroatoms. The van der Waals surface area contributed by atoms with Crippen molar-refractivity contribution in [3.63, 3.8) is 0 Å². The predicted molar refractivity (Wildman–Crippen MR) is 139 cm³/mol. The molecule has 190 valence electrons. The minimum Gasteiger partial charge on any atom is -0.491 e. The molecule has 1 unspecified atom stereocenters. The number of aromatic amines is 1. The van der Waals surface area contributed by atoms with Crippen LogP contribution < -0.4 is 4.74 Å². The number of carbonyl (C=O) groups excluding carboxylic acids is 2. The molecule has 2 aliphatic heterocycles. The van der Waals surface area contributed by atoms with Crippen molar-refractivity contribution in [1.82, 2.24) is 14.8 Å². The number of hydrogen-bond acceptors (Lipinski definition) is 4. The highest BCUT2D eigenvalue weighted by Gasteiger charge is 2.46. The Morgan fingerprint density at radius 2 is 1.89 bits per heavy atom. The van der Waals surface area contributed by atoms with Crippen LogP contribution in [0.5, 0.6) is 5.75 Å². The zero-order chi connectivity index (χ0) is 25.0. The van der Waals surface area contributed by atoms with Gasteiger partial charge in [0.15, 0.2) is 5.60 Å². The van der Waals surface area contributed by atoms with E-state index in [-0.39, 0.29) is 11.8 Å². The molecular formula is C29H35N3O4. The lowest BCUT2D eigenvalue weighted by Crippen LogP contribution is -2.62. The van der Waals surface area contributed by atoms with Gasteiger partial charge in [0, 0.05) is 30.2 Å². The molecular weight excluding hydrogens is 454 g/mol. The molecule has 0 bridgehead atoms. The van der Waals surface area contributed by atoms with Gasteiger partial charge in [-0.05, 0) is 55.9 Å². The molecule has 0 saturated carbocycles. The third-order valence-corrected chi connectivity index (χ3v) is 7.48. The van der Waals surface area contributed by atoms with E-state index in [0.29, 0.717) is 52.2 Å². The first-order chi connectivity index (χ1) is 17.6. The molecule has 1 saturated heterocycles. The van der Waals surface area contributed by atoms with Gasteiger partial charge in [-0.25, -0.2) is 0 Å². The van der Waals surface area contributed by atoms with E-state index in [9.17, 15) is 9.59 Å². The van der Waals surface area contributed by atoms with E-state index >= 15 is 0 Å². The Morgan fingerprint density at radius 3 is 2.78 bits per heavy atom. The summed E-state index contributed by atoms with van der Waals surface area (Å²) in [5.74, 6) is 0.896. The molecule has 1 spiro atoms. The highest BCUT2D eigenvalue weighted by molar-refractivity contribution is 5.90. The van der Waals surface area contributed by atoms with Crippen molar-refractivity contribution in [1.29, 1.82) is 0 Å². The van der Waals surface area contributed by atoms with Crippen LogP contribution in [0, 0.1) is 0 Å². The first-order valence-electron chi connectivity index (χ1n) is 13.1. The first-order valence-corrected chi connectivity index (χ1v) is 13.1. The Kier molecular flexibility index (Phi) is 7.28. The van der Waals surface area contributed by atoms with Gasteiger partial charge >= 0.3 is 0 Å². The molecule has 5 rings (SSSR count). The summed E-state index contributed by atoms with van der Waals surface area (Å²) in [4.78, 5) is 34.2. The largest absolute Gasteiger partial charge is 0.491 e. The van der Waals surface area contributed by atoms with Crippen LogP contribution in [0.2, 0.25) is 0 Å². The van der Waals surface area contributed by atoms with Gasteiger partial charge in [0.05, 0.1) is 26.1 Å². The summed E-state index contributed by atoms with van der Waals surface area (Å²) in [6.07, 6.45) is 5.46. The standard InChI is InChI=1S/C29H35N3O4/c1-2-31-15-17-35-26-13-6-3-9-22(26)10-7-8-14-29(28(31)34)21-32(16-18-36-29)27(33)19-23-20-30-25-12-5-4-11-24(23)25/h3-6,9,11-13,20,30H,2,7-8,10,14-19,21H2,1H3. The molecule has 3 heterocycles. The zero-order valence-corrected chi connectivity index (χ0v) is 21.0. The molecule has 1 N–H and O–H groups in total. The SMILES string of the molecule is CCN1CCOc2ccccc2CCCCC2(CN(C(=O)Cc3c[nH]c4ccccc34)CCO2)C1=O. The van der Waals surface area contributed by atoms with Gasteiger partial charge in [0.2, 0.25) is 5.91 Å². The van der Waals surface area contributed by atoms with Crippen molar-refractivity contribution in [2.24, 2.45) is 0 Å². The number of aromatic nitrogens is 1. The van der Waals surface area contributed by atoms with Crippen LogP contribution in [0.3, 0.4) is 0 Å². The maximum atomic E-state index is 13.9. The zero-order valence-electron chi connectivity index (χ0n) is 21.0. The van der Waals surface area contributed by atoms with E-state index in [4.69, 9.17) is 9.47 Å². The quantitative estimate of drug-likeness (QED) is 0.604. The fourth-order valence-corrected chi connectivity index (χ4v) is 5.47. The minimum atomic E-state index is -1.01. The second kappa shape index (κ2) is 10.7. The number of morpholine rings is 1. The molecule has 2 aliphatic rings. The number of fused-ring (bicyclic) bond motifs is 2. The number of likely N-dealkylation sites (N-methyl/N-ethyl adjacent to an activating group) is 1. The normalized spacial score (nSPS) is 21.5. The van der Waals surface area contributed by atoms with Crippen molar-refractivity contribution in [2.45, 2.75) is 44.6 Å². The summed E-state index contributed by atoms with van der Waals surface area (Å²) in [5.41, 5.74) is 2.19. The third kappa shape index (κ3) is 4.98. The predicted octanol–water partition coefficient (Wildman–Crippen LogP) is 3.96. The van der Waals surface area contributed by atoms with Gasteiger partial charge in [-0.2, -0.15) is 0 Å². The van der Waals surface area contributed by atoms with Gasteiger partial charge in [0.1, 0.15) is 12.4 Å². The lowest BCUT2D eigenvalue weighted by molar-refractivity contribution is -0.176. The first kappa shape index (κ1) is 24.4. The molecule has 2 aromatic carbocycles. The number of para-hydroxylation sites is 2. The van der Waals surface area contributed by atoms with Crippen LogP contribution >= 0.6 is 0 Å². The molecule has 7 nitrogen and oxygen atoms in total. The number of amides is 2. The van der Waals surface area contributed by atoms with E-state index in [2.05, 4.69) is 11.1 Å². The molecule has 2 amide bonds. The lowest BCUT2D eigenvalue weighted by Gasteiger charge is -2.44. The summed E-state index contributed by atoms with van der Waals surface area (Å²) in [5, 5.41) is 1.06. The molecule has 0 radical (unpaired) electrons. The molecule has 0 aliphatic carbocycles. The molecule has 3 aromatic rings. The van der Waals surface area contributed by atoms with Crippen molar-refractivity contribution in [3.8, 4) is 5.75 Å². The highest BCUT2D eigenvalue weighted by atomic mass is 16.5. The Balaban J connectivity index is 1.34. The van der Waals surface area contributed by atoms with Crippen LogP contribution in [0.1, 0.15) is 37.3 Å². The van der Waals surface area contributed by atoms with Gasteiger partial charge in [-0.1, -0.05) is 36.4 Å². The van der Waals surface area contributed by atoms with Gasteiger partial charge in [-0.3, -0.25) is 9.59 Å². The fraction of sp³-hybridized carbons (Fsp3) is 0.448. The van der Waals surface area contributed by atoms with Crippen molar-refractivity contribution in [3.05, 3.63) is 65.9 Å². The van der Waals surface area contributed by atoms with E-state index in [0.717, 1.165) is 41.5 Å². The van der Waals surface area contributed by atoms with E-state index < -0.39 is 5.60 Å². The number of benzene rings is 2. The molecule has 1 aromatic heterocycles. The number of rotatable bonds is 3. The topological polar surface area (TPSA) is 74.9 Å². The van der Waals surface area contributed by atoms with Crippen LogP contribution in [0.15, 0.2) is 54.7 Å². The van der Waals surface area contributed by atoms with Crippen LogP contribution in [-0.2, 0) is 27.2 Å². The summed E-state index contributed by atoms with van der Waals surface area (Å²) in [6, 6.07) is 16.2. The van der Waals surface area contributed by atoms with Crippen molar-refractivity contribution >= 4 is 22.7 Å². The van der Waals surface area contributed by atoms with Crippen molar-refractivity contribution < 1.29 is 19.1 Å². The lowest BCUT2D eigenvalue weighted by atomic mass is 9.90. The summed E-state index contributed by atoms with van der Waals surface area (Å²) >= 11 is 0. The van der Waals surface area contributed by atoms with Gasteiger partial charge < -0.3 is 24.3 Å². The number of hydrogen-bond donors (Lipinski definition) is 1.